The van der Waals surface area contributed by atoms with Crippen LogP contribution < -0.4 is 5.73 Å². The summed E-state index contributed by atoms with van der Waals surface area (Å²) < 4.78 is 1.23. The summed E-state index contributed by atoms with van der Waals surface area (Å²) >= 11 is 3.94. The number of anilines is 1. The third-order valence-corrected chi connectivity index (χ3v) is 4.39. The molecule has 3 aromatic rings. The molecule has 2 aromatic carbocycles. The summed E-state index contributed by atoms with van der Waals surface area (Å²) in [5, 5.41) is 3.08. The van der Waals surface area contributed by atoms with Crippen molar-refractivity contribution in [3.63, 3.8) is 0 Å². The number of nitrogens with two attached hydrogens (primary N) is 1. The molecule has 0 unspecified atom stereocenters. The highest BCUT2D eigenvalue weighted by Gasteiger charge is 2.06. The molecule has 0 saturated heterocycles. The predicted octanol–water partition coefficient (Wildman–Crippen LogP) is 4.66. The normalized spacial score (nSPS) is 10.6. The van der Waals surface area contributed by atoms with Crippen LogP contribution in [0.2, 0.25) is 0 Å². The Kier molecular flexibility index (Phi) is 3.52. The Hall–Kier alpha value is -1.40. The monoisotopic (exact) mass is 378 g/mol. The second-order valence-electron chi connectivity index (χ2n) is 4.17. The SMILES string of the molecule is Nc1cccc(-c2nc(-c3ccc(I)cc3)cs2)c1. The molecule has 94 valence electrons. The van der Waals surface area contributed by atoms with E-state index in [4.69, 9.17) is 5.73 Å². The Morgan fingerprint density at radius 1 is 1.00 bits per heavy atom. The second-order valence-corrected chi connectivity index (χ2v) is 6.27. The molecule has 0 amide bonds. The van der Waals surface area contributed by atoms with E-state index in [0.717, 1.165) is 27.5 Å². The van der Waals surface area contributed by atoms with Crippen molar-refractivity contribution in [2.75, 3.05) is 5.73 Å². The lowest BCUT2D eigenvalue weighted by molar-refractivity contribution is 1.40. The largest absolute Gasteiger partial charge is 0.399 e. The first-order valence-electron chi connectivity index (χ1n) is 5.80. The lowest BCUT2D eigenvalue weighted by Gasteiger charge is -1.98. The molecule has 0 bridgehead atoms. The maximum absolute atomic E-state index is 5.81. The minimum absolute atomic E-state index is 0.767. The van der Waals surface area contributed by atoms with Crippen LogP contribution in [-0.2, 0) is 0 Å². The molecular weight excluding hydrogens is 367 g/mol. The molecule has 19 heavy (non-hydrogen) atoms. The van der Waals surface area contributed by atoms with Crippen LogP contribution in [0.4, 0.5) is 5.69 Å². The van der Waals surface area contributed by atoms with E-state index in [-0.39, 0.29) is 0 Å². The van der Waals surface area contributed by atoms with Crippen LogP contribution in [-0.4, -0.2) is 4.98 Å². The number of aromatic nitrogens is 1. The highest BCUT2D eigenvalue weighted by atomic mass is 127. The summed E-state index contributed by atoms with van der Waals surface area (Å²) in [6, 6.07) is 16.2. The van der Waals surface area contributed by atoms with Gasteiger partial charge in [-0.1, -0.05) is 24.3 Å². The van der Waals surface area contributed by atoms with Gasteiger partial charge in [-0.2, -0.15) is 0 Å². The van der Waals surface area contributed by atoms with Crippen molar-refractivity contribution < 1.29 is 0 Å². The van der Waals surface area contributed by atoms with Crippen LogP contribution in [0.25, 0.3) is 21.8 Å². The summed E-state index contributed by atoms with van der Waals surface area (Å²) in [5.74, 6) is 0. The standard InChI is InChI=1S/C15H11IN2S/c16-12-6-4-10(5-7-12)14-9-19-15(18-14)11-2-1-3-13(17)8-11/h1-9H,17H2. The molecule has 3 rings (SSSR count). The van der Waals surface area contributed by atoms with Gasteiger partial charge in [-0.15, -0.1) is 11.3 Å². The van der Waals surface area contributed by atoms with Gasteiger partial charge in [0.1, 0.15) is 5.01 Å². The second kappa shape index (κ2) is 5.30. The molecule has 0 atom stereocenters. The van der Waals surface area contributed by atoms with E-state index >= 15 is 0 Å². The van der Waals surface area contributed by atoms with Crippen LogP contribution in [0.1, 0.15) is 0 Å². The number of nitrogens with zero attached hydrogens (tertiary/aromatic N) is 1. The van der Waals surface area contributed by atoms with Crippen molar-refractivity contribution >= 4 is 39.6 Å². The van der Waals surface area contributed by atoms with Crippen LogP contribution >= 0.6 is 33.9 Å². The molecule has 1 heterocycles. The molecule has 0 spiro atoms. The number of hydrogen-bond acceptors (Lipinski definition) is 3. The molecule has 0 fully saturated rings. The Bertz CT molecular complexity index is 704. The molecule has 0 aliphatic carbocycles. The number of rotatable bonds is 2. The van der Waals surface area contributed by atoms with Gasteiger partial charge in [0.25, 0.3) is 0 Å². The van der Waals surface area contributed by atoms with Crippen molar-refractivity contribution in [3.8, 4) is 21.8 Å². The van der Waals surface area contributed by atoms with Gasteiger partial charge < -0.3 is 5.73 Å². The third kappa shape index (κ3) is 2.79. The summed E-state index contributed by atoms with van der Waals surface area (Å²) in [5.41, 5.74) is 9.80. The van der Waals surface area contributed by atoms with Gasteiger partial charge >= 0.3 is 0 Å². The lowest BCUT2D eigenvalue weighted by Crippen LogP contribution is -1.85. The van der Waals surface area contributed by atoms with Crippen molar-refractivity contribution in [1.82, 2.24) is 4.98 Å². The first-order valence-corrected chi connectivity index (χ1v) is 7.75. The average Bonchev–Trinajstić information content (AvgIpc) is 2.89. The van der Waals surface area contributed by atoms with Crippen molar-refractivity contribution in [1.29, 1.82) is 0 Å². The van der Waals surface area contributed by atoms with Gasteiger partial charge in [0.2, 0.25) is 0 Å². The van der Waals surface area contributed by atoms with Crippen LogP contribution in [0.15, 0.2) is 53.9 Å². The summed E-state index contributed by atoms with van der Waals surface area (Å²) in [7, 11) is 0. The molecule has 2 N–H and O–H groups in total. The third-order valence-electron chi connectivity index (χ3n) is 2.78. The zero-order valence-electron chi connectivity index (χ0n) is 10.0. The van der Waals surface area contributed by atoms with E-state index in [9.17, 15) is 0 Å². The van der Waals surface area contributed by atoms with Gasteiger partial charge in [0.05, 0.1) is 5.69 Å². The fraction of sp³-hybridized carbons (Fsp3) is 0. The van der Waals surface area contributed by atoms with Crippen molar-refractivity contribution in [3.05, 3.63) is 57.5 Å². The molecule has 1 aromatic heterocycles. The number of benzene rings is 2. The zero-order chi connectivity index (χ0) is 13.2. The molecule has 0 saturated carbocycles. The Morgan fingerprint density at radius 2 is 1.79 bits per heavy atom. The number of nitrogen functional groups attached to an aromatic ring is 1. The number of thiazole rings is 1. The van der Waals surface area contributed by atoms with Crippen molar-refractivity contribution in [2.24, 2.45) is 0 Å². The maximum atomic E-state index is 5.81. The number of hydrogen-bond donors (Lipinski definition) is 1. The van der Waals surface area contributed by atoms with E-state index in [1.807, 2.05) is 24.3 Å². The van der Waals surface area contributed by atoms with Gasteiger partial charge in [-0.25, -0.2) is 4.98 Å². The fourth-order valence-electron chi connectivity index (χ4n) is 1.83. The Morgan fingerprint density at radius 3 is 2.53 bits per heavy atom. The molecule has 0 radical (unpaired) electrons. The van der Waals surface area contributed by atoms with Gasteiger partial charge in [-0.3, -0.25) is 0 Å². The summed E-state index contributed by atoms with van der Waals surface area (Å²) in [6.45, 7) is 0. The zero-order valence-corrected chi connectivity index (χ0v) is 13.0. The van der Waals surface area contributed by atoms with Crippen LogP contribution in [0.3, 0.4) is 0 Å². The molecule has 0 aliphatic heterocycles. The average molecular weight is 378 g/mol. The van der Waals surface area contributed by atoms with Gasteiger partial charge in [0.15, 0.2) is 0 Å². The lowest BCUT2D eigenvalue weighted by atomic mass is 10.2. The molecular formula is C15H11IN2S. The Balaban J connectivity index is 1.97. The molecule has 4 heteroatoms. The number of halogens is 1. The van der Waals surface area contributed by atoms with Crippen LogP contribution in [0, 0.1) is 3.57 Å². The first kappa shape index (κ1) is 12.6. The summed E-state index contributed by atoms with van der Waals surface area (Å²) in [4.78, 5) is 4.68. The summed E-state index contributed by atoms with van der Waals surface area (Å²) in [6.07, 6.45) is 0. The highest BCUT2D eigenvalue weighted by Crippen LogP contribution is 2.29. The van der Waals surface area contributed by atoms with E-state index < -0.39 is 0 Å². The predicted molar refractivity (Wildman–Crippen MR) is 90.1 cm³/mol. The van der Waals surface area contributed by atoms with Crippen molar-refractivity contribution in [2.45, 2.75) is 0 Å². The Labute approximate surface area is 129 Å². The van der Waals surface area contributed by atoms with E-state index in [0.29, 0.717) is 0 Å². The van der Waals surface area contributed by atoms with E-state index in [1.165, 1.54) is 3.57 Å². The van der Waals surface area contributed by atoms with Crippen LogP contribution in [0.5, 0.6) is 0 Å². The highest BCUT2D eigenvalue weighted by molar-refractivity contribution is 14.1. The quantitative estimate of drug-likeness (QED) is 0.520. The van der Waals surface area contributed by atoms with Gasteiger partial charge in [0, 0.05) is 25.8 Å². The van der Waals surface area contributed by atoms with E-state index in [2.05, 4.69) is 57.2 Å². The maximum Gasteiger partial charge on any atom is 0.124 e. The van der Waals surface area contributed by atoms with E-state index in [1.54, 1.807) is 11.3 Å². The molecule has 0 aliphatic rings. The minimum atomic E-state index is 0.767. The molecule has 2 nitrogen and oxygen atoms in total. The van der Waals surface area contributed by atoms with Gasteiger partial charge in [-0.05, 0) is 46.9 Å². The fourth-order valence-corrected chi connectivity index (χ4v) is 3.02. The smallest absolute Gasteiger partial charge is 0.124 e. The minimum Gasteiger partial charge on any atom is -0.399 e. The first-order chi connectivity index (χ1) is 9.22. The topological polar surface area (TPSA) is 38.9 Å².